The molecule has 0 atom stereocenters. The molecule has 2 heterocycles. The molecule has 1 aromatic heterocycles. The average molecular weight is 456 g/mol. The molecule has 156 valence electrons. The van der Waals surface area contributed by atoms with E-state index < -0.39 is 0 Å². The van der Waals surface area contributed by atoms with Crippen molar-refractivity contribution in [3.63, 3.8) is 0 Å². The summed E-state index contributed by atoms with van der Waals surface area (Å²) in [5, 5.41) is 13.6. The highest BCUT2D eigenvalue weighted by molar-refractivity contribution is 7.80. The molecule has 0 amide bonds. The van der Waals surface area contributed by atoms with Crippen molar-refractivity contribution in [1.82, 2.24) is 20.5 Å². The van der Waals surface area contributed by atoms with Crippen LogP contribution in [0.2, 0.25) is 10.2 Å². The number of rotatable bonds is 7. The fourth-order valence-electron chi connectivity index (χ4n) is 3.04. The number of hydrogen-bond acceptors (Lipinski definition) is 4. The van der Waals surface area contributed by atoms with E-state index in [4.69, 9.17) is 40.2 Å². The SMILES string of the molecule is Cc1nn(Cc2ccc(Cl)cc2)c(Cl)c1/C=N\NC(=S)NCC[NH+]1CCOCC1. The van der Waals surface area contributed by atoms with Crippen molar-refractivity contribution < 1.29 is 9.64 Å². The van der Waals surface area contributed by atoms with Crippen molar-refractivity contribution >= 4 is 46.7 Å². The number of nitrogens with zero attached hydrogens (tertiary/aromatic N) is 3. The first-order valence-corrected chi connectivity index (χ1v) is 10.6. The molecule has 7 nitrogen and oxygen atoms in total. The highest BCUT2D eigenvalue weighted by Crippen LogP contribution is 2.19. The number of quaternary nitrogens is 1. The molecule has 0 spiro atoms. The first-order chi connectivity index (χ1) is 14.0. The number of hydrogen-bond donors (Lipinski definition) is 3. The number of thiocarbonyl (C=S) groups is 1. The predicted molar refractivity (Wildman–Crippen MR) is 120 cm³/mol. The van der Waals surface area contributed by atoms with Gasteiger partial charge in [-0.1, -0.05) is 35.3 Å². The molecule has 1 aromatic carbocycles. The summed E-state index contributed by atoms with van der Waals surface area (Å²) in [5.41, 5.74) is 5.45. The Kier molecular flexibility index (Phi) is 8.26. The molecule has 3 rings (SSSR count). The molecule has 1 aliphatic rings. The Hall–Kier alpha value is -1.71. The molecule has 2 aromatic rings. The van der Waals surface area contributed by atoms with E-state index in [1.165, 1.54) is 4.90 Å². The average Bonchev–Trinajstić information content (AvgIpc) is 2.98. The van der Waals surface area contributed by atoms with Crippen LogP contribution in [0.15, 0.2) is 29.4 Å². The molecule has 0 bridgehead atoms. The third-order valence-corrected chi connectivity index (χ3v) is 5.57. The van der Waals surface area contributed by atoms with Crippen molar-refractivity contribution in [2.45, 2.75) is 13.5 Å². The van der Waals surface area contributed by atoms with Gasteiger partial charge in [0.15, 0.2) is 5.11 Å². The fraction of sp³-hybridized carbons (Fsp3) is 0.421. The lowest BCUT2D eigenvalue weighted by molar-refractivity contribution is -0.906. The maximum absolute atomic E-state index is 6.49. The summed E-state index contributed by atoms with van der Waals surface area (Å²) in [6.07, 6.45) is 1.64. The monoisotopic (exact) mass is 455 g/mol. The Morgan fingerprint density at radius 2 is 2.03 bits per heavy atom. The van der Waals surface area contributed by atoms with Gasteiger partial charge in [0.2, 0.25) is 0 Å². The van der Waals surface area contributed by atoms with Crippen LogP contribution >= 0.6 is 35.4 Å². The van der Waals surface area contributed by atoms with Crippen LogP contribution in [0.3, 0.4) is 0 Å². The second kappa shape index (κ2) is 10.9. The van der Waals surface area contributed by atoms with E-state index in [1.54, 1.807) is 10.9 Å². The standard InChI is InChI=1S/C19H24Cl2N6OS/c1-14-17(18(21)27(25-14)13-15-2-4-16(20)5-3-15)12-23-24-19(29)22-6-7-26-8-10-28-11-9-26/h2-5,12H,6-11,13H2,1H3,(H2,22,24,29)/p+1/b23-12-. The van der Waals surface area contributed by atoms with Crippen molar-refractivity contribution in [2.75, 3.05) is 39.4 Å². The van der Waals surface area contributed by atoms with Crippen LogP contribution in [0, 0.1) is 6.92 Å². The van der Waals surface area contributed by atoms with Crippen molar-refractivity contribution in [2.24, 2.45) is 5.10 Å². The molecular weight excluding hydrogens is 431 g/mol. The molecule has 3 N–H and O–H groups in total. The second-order valence-corrected chi connectivity index (χ2v) is 8.01. The van der Waals surface area contributed by atoms with Gasteiger partial charge in [0.1, 0.15) is 18.2 Å². The molecular formula is C19H25Cl2N6OS+. The van der Waals surface area contributed by atoms with Crippen molar-refractivity contribution in [3.8, 4) is 0 Å². The van der Waals surface area contributed by atoms with E-state index in [0.29, 0.717) is 21.8 Å². The van der Waals surface area contributed by atoms with Crippen LogP contribution in [-0.2, 0) is 11.3 Å². The lowest BCUT2D eigenvalue weighted by Gasteiger charge is -2.23. The highest BCUT2D eigenvalue weighted by Gasteiger charge is 2.13. The van der Waals surface area contributed by atoms with E-state index in [9.17, 15) is 0 Å². The van der Waals surface area contributed by atoms with Gasteiger partial charge in [-0.05, 0) is 36.8 Å². The Balaban J connectivity index is 1.48. The van der Waals surface area contributed by atoms with Crippen LogP contribution in [-0.4, -0.2) is 60.5 Å². The minimum atomic E-state index is 0.483. The molecule has 29 heavy (non-hydrogen) atoms. The summed E-state index contributed by atoms with van der Waals surface area (Å²) in [6, 6.07) is 7.60. The predicted octanol–water partition coefficient (Wildman–Crippen LogP) is 1.26. The number of aromatic nitrogens is 2. The van der Waals surface area contributed by atoms with Gasteiger partial charge >= 0.3 is 0 Å². The Morgan fingerprint density at radius 1 is 1.31 bits per heavy atom. The zero-order chi connectivity index (χ0) is 20.6. The lowest BCUT2D eigenvalue weighted by atomic mass is 10.2. The normalized spacial score (nSPS) is 15.0. The number of halogens is 2. The number of ether oxygens (including phenoxy) is 1. The summed E-state index contributed by atoms with van der Waals surface area (Å²) in [5.74, 6) is 0. The van der Waals surface area contributed by atoms with Gasteiger partial charge < -0.3 is 15.0 Å². The van der Waals surface area contributed by atoms with E-state index >= 15 is 0 Å². The van der Waals surface area contributed by atoms with Crippen LogP contribution in [0.5, 0.6) is 0 Å². The number of morpholine rings is 1. The quantitative estimate of drug-likeness (QED) is 0.333. The molecule has 10 heteroatoms. The smallest absolute Gasteiger partial charge is 0.187 e. The third kappa shape index (κ3) is 6.65. The molecule has 0 radical (unpaired) electrons. The summed E-state index contributed by atoms with van der Waals surface area (Å²) >= 11 is 17.7. The summed E-state index contributed by atoms with van der Waals surface area (Å²) in [7, 11) is 0. The van der Waals surface area contributed by atoms with Crippen LogP contribution in [0.1, 0.15) is 16.8 Å². The van der Waals surface area contributed by atoms with Crippen molar-refractivity contribution in [1.29, 1.82) is 0 Å². The Morgan fingerprint density at radius 3 is 2.76 bits per heavy atom. The molecule has 1 saturated heterocycles. The topological polar surface area (TPSA) is 67.9 Å². The van der Waals surface area contributed by atoms with Crippen LogP contribution in [0.25, 0.3) is 0 Å². The maximum atomic E-state index is 6.49. The van der Waals surface area contributed by atoms with Crippen LogP contribution in [0.4, 0.5) is 0 Å². The minimum Gasteiger partial charge on any atom is -0.370 e. The minimum absolute atomic E-state index is 0.483. The molecule has 1 aliphatic heterocycles. The fourth-order valence-corrected chi connectivity index (χ4v) is 3.60. The maximum Gasteiger partial charge on any atom is 0.187 e. The molecule has 1 fully saturated rings. The largest absolute Gasteiger partial charge is 0.370 e. The van der Waals surface area contributed by atoms with Gasteiger partial charge in [0.05, 0.1) is 50.3 Å². The van der Waals surface area contributed by atoms with Gasteiger partial charge in [0, 0.05) is 5.02 Å². The number of nitrogens with one attached hydrogen (secondary N) is 3. The molecule has 0 aliphatic carbocycles. The Bertz CT molecular complexity index is 849. The van der Waals surface area contributed by atoms with E-state index in [0.717, 1.165) is 56.2 Å². The molecule has 0 unspecified atom stereocenters. The third-order valence-electron chi connectivity index (χ3n) is 4.68. The van der Waals surface area contributed by atoms with Gasteiger partial charge in [0.25, 0.3) is 0 Å². The van der Waals surface area contributed by atoms with Crippen molar-refractivity contribution in [3.05, 3.63) is 51.3 Å². The van der Waals surface area contributed by atoms with E-state index in [2.05, 4.69) is 20.9 Å². The lowest BCUT2D eigenvalue weighted by Crippen LogP contribution is -3.14. The molecule has 0 saturated carbocycles. The van der Waals surface area contributed by atoms with E-state index in [-0.39, 0.29) is 0 Å². The van der Waals surface area contributed by atoms with Gasteiger partial charge in [-0.15, -0.1) is 0 Å². The summed E-state index contributed by atoms with van der Waals surface area (Å²) in [6.45, 7) is 7.97. The Labute approximate surface area is 186 Å². The number of hydrazone groups is 1. The zero-order valence-electron chi connectivity index (χ0n) is 16.3. The zero-order valence-corrected chi connectivity index (χ0v) is 18.6. The number of benzene rings is 1. The van der Waals surface area contributed by atoms with E-state index in [1.807, 2.05) is 31.2 Å². The summed E-state index contributed by atoms with van der Waals surface area (Å²) in [4.78, 5) is 1.52. The second-order valence-electron chi connectivity index (χ2n) is 6.81. The summed E-state index contributed by atoms with van der Waals surface area (Å²) < 4.78 is 7.10. The van der Waals surface area contributed by atoms with Gasteiger partial charge in [-0.25, -0.2) is 4.68 Å². The van der Waals surface area contributed by atoms with Crippen LogP contribution < -0.4 is 15.6 Å². The first kappa shape index (κ1) is 22.0. The van der Waals surface area contributed by atoms with Gasteiger partial charge in [-0.3, -0.25) is 5.43 Å². The first-order valence-electron chi connectivity index (χ1n) is 9.48. The van der Waals surface area contributed by atoms with Gasteiger partial charge in [-0.2, -0.15) is 10.2 Å². The highest BCUT2D eigenvalue weighted by atomic mass is 35.5. The number of aryl methyl sites for hydroxylation is 1.